The van der Waals surface area contributed by atoms with E-state index in [0.717, 1.165) is 11.3 Å². The van der Waals surface area contributed by atoms with Gasteiger partial charge in [0.15, 0.2) is 0 Å². The fourth-order valence-electron chi connectivity index (χ4n) is 1.94. The second kappa shape index (κ2) is 6.15. The van der Waals surface area contributed by atoms with Gasteiger partial charge in [-0.3, -0.25) is 0 Å². The van der Waals surface area contributed by atoms with Crippen LogP contribution in [0.2, 0.25) is 0 Å². The van der Waals surface area contributed by atoms with E-state index >= 15 is 0 Å². The summed E-state index contributed by atoms with van der Waals surface area (Å²) >= 11 is 0. The predicted octanol–water partition coefficient (Wildman–Crippen LogP) is 2.47. The van der Waals surface area contributed by atoms with E-state index in [2.05, 4.69) is 10.0 Å². The Kier molecular flexibility index (Phi) is 4.50. The molecule has 21 heavy (non-hydrogen) atoms. The van der Waals surface area contributed by atoms with Crippen LogP contribution in [0.15, 0.2) is 53.4 Å². The number of hydrogen-bond donors (Lipinski definition) is 3. The van der Waals surface area contributed by atoms with Crippen molar-refractivity contribution in [2.75, 3.05) is 12.4 Å². The van der Waals surface area contributed by atoms with Gasteiger partial charge in [0, 0.05) is 11.7 Å². The van der Waals surface area contributed by atoms with Gasteiger partial charge in [-0.1, -0.05) is 12.1 Å². The highest BCUT2D eigenvalue weighted by Gasteiger charge is 2.11. The van der Waals surface area contributed by atoms with Crippen molar-refractivity contribution in [2.24, 2.45) is 0 Å². The standard InChI is InChI=1S/C15H18N2O3S/c1-11(12-3-7-14(18)8-4-12)17-13-5-9-15(10-6-13)21(19,20)16-2/h3-11,16-18H,1-2H3. The summed E-state index contributed by atoms with van der Waals surface area (Å²) in [5.74, 6) is 0.229. The van der Waals surface area contributed by atoms with Gasteiger partial charge in [-0.2, -0.15) is 0 Å². The van der Waals surface area contributed by atoms with Gasteiger partial charge in [-0.05, 0) is 55.9 Å². The molecule has 0 saturated heterocycles. The third-order valence-electron chi connectivity index (χ3n) is 3.21. The minimum Gasteiger partial charge on any atom is -0.508 e. The van der Waals surface area contributed by atoms with Gasteiger partial charge in [0.2, 0.25) is 10.0 Å². The van der Waals surface area contributed by atoms with Crippen molar-refractivity contribution >= 4 is 15.7 Å². The molecule has 112 valence electrons. The summed E-state index contributed by atoms with van der Waals surface area (Å²) in [6.45, 7) is 1.99. The molecule has 2 aromatic rings. The highest BCUT2D eigenvalue weighted by Crippen LogP contribution is 2.22. The Labute approximate surface area is 124 Å². The zero-order chi connectivity index (χ0) is 15.5. The summed E-state index contributed by atoms with van der Waals surface area (Å²) in [5, 5.41) is 12.6. The van der Waals surface area contributed by atoms with Gasteiger partial charge < -0.3 is 10.4 Å². The second-order valence-electron chi connectivity index (χ2n) is 4.69. The number of hydrogen-bond acceptors (Lipinski definition) is 4. The summed E-state index contributed by atoms with van der Waals surface area (Å²) in [4.78, 5) is 0.229. The van der Waals surface area contributed by atoms with E-state index in [1.807, 2.05) is 19.1 Å². The third-order valence-corrected chi connectivity index (χ3v) is 4.64. The Morgan fingerprint density at radius 3 is 2.10 bits per heavy atom. The third kappa shape index (κ3) is 3.74. The Bertz CT molecular complexity index is 695. The smallest absolute Gasteiger partial charge is 0.240 e. The lowest BCUT2D eigenvalue weighted by Crippen LogP contribution is -2.18. The number of nitrogens with one attached hydrogen (secondary N) is 2. The maximum atomic E-state index is 11.6. The number of anilines is 1. The van der Waals surface area contributed by atoms with Crippen molar-refractivity contribution in [3.05, 3.63) is 54.1 Å². The van der Waals surface area contributed by atoms with Crippen LogP contribution in [0.5, 0.6) is 5.75 Å². The summed E-state index contributed by atoms with van der Waals surface area (Å²) in [5.41, 5.74) is 1.85. The zero-order valence-corrected chi connectivity index (χ0v) is 12.7. The molecule has 0 amide bonds. The van der Waals surface area contributed by atoms with Crippen LogP contribution in [0.3, 0.4) is 0 Å². The molecule has 0 bridgehead atoms. The molecular weight excluding hydrogens is 288 g/mol. The van der Waals surface area contributed by atoms with Crippen LogP contribution >= 0.6 is 0 Å². The summed E-state index contributed by atoms with van der Waals surface area (Å²) in [6, 6.07) is 13.5. The van der Waals surface area contributed by atoms with E-state index in [9.17, 15) is 13.5 Å². The molecule has 2 aromatic carbocycles. The molecule has 0 saturated carbocycles. The molecule has 2 rings (SSSR count). The molecule has 6 heteroatoms. The molecule has 0 aliphatic carbocycles. The first-order chi connectivity index (χ1) is 9.92. The fraction of sp³-hybridized carbons (Fsp3) is 0.200. The molecule has 1 atom stereocenters. The molecule has 0 radical (unpaired) electrons. The molecule has 3 N–H and O–H groups in total. The lowest BCUT2D eigenvalue weighted by Gasteiger charge is -2.16. The van der Waals surface area contributed by atoms with E-state index in [4.69, 9.17) is 0 Å². The molecule has 5 nitrogen and oxygen atoms in total. The maximum absolute atomic E-state index is 11.6. The van der Waals surface area contributed by atoms with Crippen LogP contribution in [0.4, 0.5) is 5.69 Å². The Morgan fingerprint density at radius 1 is 1.00 bits per heavy atom. The maximum Gasteiger partial charge on any atom is 0.240 e. The van der Waals surface area contributed by atoms with Gasteiger partial charge >= 0.3 is 0 Å². The number of phenolic OH excluding ortho intramolecular Hbond substituents is 1. The molecule has 0 heterocycles. The lowest BCUT2D eigenvalue weighted by atomic mass is 10.1. The van der Waals surface area contributed by atoms with Crippen molar-refractivity contribution in [3.63, 3.8) is 0 Å². The van der Waals surface area contributed by atoms with Crippen molar-refractivity contribution in [1.29, 1.82) is 0 Å². The van der Waals surface area contributed by atoms with Crippen LogP contribution in [0, 0.1) is 0 Å². The van der Waals surface area contributed by atoms with Gasteiger partial charge in [0.25, 0.3) is 0 Å². The molecule has 1 unspecified atom stereocenters. The number of benzene rings is 2. The minimum absolute atomic E-state index is 0.0392. The molecular formula is C15H18N2O3S. The van der Waals surface area contributed by atoms with E-state index < -0.39 is 10.0 Å². The van der Waals surface area contributed by atoms with Crippen LogP contribution in [-0.4, -0.2) is 20.6 Å². The van der Waals surface area contributed by atoms with E-state index in [1.54, 1.807) is 36.4 Å². The number of phenols is 1. The molecule has 0 spiro atoms. The number of aromatic hydroxyl groups is 1. The summed E-state index contributed by atoms with van der Waals surface area (Å²) in [7, 11) is -2.02. The van der Waals surface area contributed by atoms with Crippen molar-refractivity contribution in [2.45, 2.75) is 17.9 Å². The Balaban J connectivity index is 2.11. The summed E-state index contributed by atoms with van der Waals surface area (Å²) < 4.78 is 25.5. The average Bonchev–Trinajstić information content (AvgIpc) is 2.48. The van der Waals surface area contributed by atoms with E-state index in [-0.39, 0.29) is 16.7 Å². The zero-order valence-electron chi connectivity index (χ0n) is 11.9. The quantitative estimate of drug-likeness (QED) is 0.793. The molecule has 0 aliphatic rings. The number of sulfonamides is 1. The Morgan fingerprint density at radius 2 is 1.57 bits per heavy atom. The largest absolute Gasteiger partial charge is 0.508 e. The predicted molar refractivity (Wildman–Crippen MR) is 82.8 cm³/mol. The van der Waals surface area contributed by atoms with Crippen LogP contribution < -0.4 is 10.0 Å². The first kappa shape index (κ1) is 15.3. The van der Waals surface area contributed by atoms with Crippen molar-refractivity contribution in [3.8, 4) is 5.75 Å². The van der Waals surface area contributed by atoms with Gasteiger partial charge in [0.05, 0.1) is 4.90 Å². The van der Waals surface area contributed by atoms with Gasteiger partial charge in [0.1, 0.15) is 5.75 Å². The van der Waals surface area contributed by atoms with E-state index in [1.165, 1.54) is 7.05 Å². The molecule has 0 aliphatic heterocycles. The first-order valence-corrected chi connectivity index (χ1v) is 8.00. The number of rotatable bonds is 5. The van der Waals surface area contributed by atoms with Gasteiger partial charge in [-0.15, -0.1) is 0 Å². The van der Waals surface area contributed by atoms with Crippen LogP contribution in [0.25, 0.3) is 0 Å². The van der Waals surface area contributed by atoms with Crippen molar-refractivity contribution in [1.82, 2.24) is 4.72 Å². The average molecular weight is 306 g/mol. The lowest BCUT2D eigenvalue weighted by molar-refractivity contribution is 0.475. The van der Waals surface area contributed by atoms with Crippen LogP contribution in [-0.2, 0) is 10.0 Å². The van der Waals surface area contributed by atoms with E-state index in [0.29, 0.717) is 0 Å². The van der Waals surface area contributed by atoms with Gasteiger partial charge in [-0.25, -0.2) is 13.1 Å². The second-order valence-corrected chi connectivity index (χ2v) is 6.58. The van der Waals surface area contributed by atoms with Crippen LogP contribution in [0.1, 0.15) is 18.5 Å². The van der Waals surface area contributed by atoms with Crippen molar-refractivity contribution < 1.29 is 13.5 Å². The normalized spacial score (nSPS) is 12.9. The topological polar surface area (TPSA) is 78.4 Å². The first-order valence-electron chi connectivity index (χ1n) is 6.51. The SMILES string of the molecule is CNS(=O)(=O)c1ccc(NC(C)c2ccc(O)cc2)cc1. The summed E-state index contributed by atoms with van der Waals surface area (Å²) in [6.07, 6.45) is 0. The highest BCUT2D eigenvalue weighted by atomic mass is 32.2. The highest BCUT2D eigenvalue weighted by molar-refractivity contribution is 7.89. The fourth-order valence-corrected chi connectivity index (χ4v) is 2.67. The monoisotopic (exact) mass is 306 g/mol. The Hall–Kier alpha value is -2.05. The molecule has 0 fully saturated rings. The molecule has 0 aromatic heterocycles. The minimum atomic E-state index is -3.41.